The summed E-state index contributed by atoms with van der Waals surface area (Å²) in [6, 6.07) is 6.48. The van der Waals surface area contributed by atoms with E-state index in [4.69, 9.17) is 9.15 Å². The molecule has 0 aliphatic heterocycles. The lowest BCUT2D eigenvalue weighted by atomic mass is 9.94. The van der Waals surface area contributed by atoms with E-state index < -0.39 is 10.0 Å². The monoisotopic (exact) mass is 385 g/mol. The molecule has 0 saturated heterocycles. The van der Waals surface area contributed by atoms with Crippen molar-refractivity contribution >= 4 is 26.0 Å². The normalized spacial score (nSPS) is 18.0. The molecule has 5 nitrogen and oxygen atoms in total. The van der Waals surface area contributed by atoms with Crippen molar-refractivity contribution in [3.8, 4) is 5.75 Å². The minimum absolute atomic E-state index is 0.125. The molecule has 22 heavy (non-hydrogen) atoms. The van der Waals surface area contributed by atoms with Crippen LogP contribution in [0, 0.1) is 0 Å². The van der Waals surface area contributed by atoms with Gasteiger partial charge in [0, 0.05) is 16.5 Å². The molecule has 1 N–H and O–H groups in total. The van der Waals surface area contributed by atoms with E-state index in [2.05, 4.69) is 20.7 Å². The summed E-state index contributed by atoms with van der Waals surface area (Å²) in [7, 11) is -2.24. The van der Waals surface area contributed by atoms with Gasteiger partial charge < -0.3 is 9.15 Å². The predicted molar refractivity (Wildman–Crippen MR) is 85.4 cm³/mol. The summed E-state index contributed by atoms with van der Waals surface area (Å²) in [5.74, 6) is 1.18. The van der Waals surface area contributed by atoms with Gasteiger partial charge in [-0.15, -0.1) is 0 Å². The van der Waals surface area contributed by atoms with E-state index in [1.165, 1.54) is 7.11 Å². The number of sulfonamides is 1. The van der Waals surface area contributed by atoms with E-state index in [0.29, 0.717) is 10.2 Å². The summed E-state index contributed by atoms with van der Waals surface area (Å²) in [4.78, 5) is 0.125. The third-order valence-corrected chi connectivity index (χ3v) is 5.75. The van der Waals surface area contributed by atoms with Crippen LogP contribution in [0.3, 0.4) is 0 Å². The largest absolute Gasteiger partial charge is 0.495 e. The Morgan fingerprint density at radius 1 is 1.36 bits per heavy atom. The van der Waals surface area contributed by atoms with E-state index in [1.54, 1.807) is 24.5 Å². The molecule has 1 aliphatic carbocycles. The van der Waals surface area contributed by atoms with Gasteiger partial charge in [-0.25, -0.2) is 13.1 Å². The fraction of sp³-hybridized carbons (Fsp3) is 0.333. The third-order valence-electron chi connectivity index (χ3n) is 3.76. The molecule has 0 radical (unpaired) electrons. The molecule has 7 heteroatoms. The van der Waals surface area contributed by atoms with Crippen LogP contribution in [0.2, 0.25) is 0 Å². The van der Waals surface area contributed by atoms with Crippen molar-refractivity contribution in [3.05, 3.63) is 46.3 Å². The van der Waals surface area contributed by atoms with E-state index >= 15 is 0 Å². The molecule has 0 saturated carbocycles. The highest BCUT2D eigenvalue weighted by molar-refractivity contribution is 9.10. The number of hydrogen-bond acceptors (Lipinski definition) is 4. The van der Waals surface area contributed by atoms with Crippen LogP contribution in [-0.4, -0.2) is 15.5 Å². The summed E-state index contributed by atoms with van der Waals surface area (Å²) in [5, 5.41) is 0. The predicted octanol–water partition coefficient (Wildman–Crippen LogP) is 3.41. The molecule has 1 aromatic carbocycles. The summed E-state index contributed by atoms with van der Waals surface area (Å²) < 4.78 is 39.5. The van der Waals surface area contributed by atoms with Crippen molar-refractivity contribution in [2.24, 2.45) is 0 Å². The number of aryl methyl sites for hydroxylation is 1. The second kappa shape index (κ2) is 6.06. The summed E-state index contributed by atoms with van der Waals surface area (Å²) >= 11 is 3.30. The first-order valence-electron chi connectivity index (χ1n) is 6.93. The van der Waals surface area contributed by atoms with Gasteiger partial charge in [-0.3, -0.25) is 0 Å². The third kappa shape index (κ3) is 2.93. The first-order chi connectivity index (χ1) is 10.5. The minimum atomic E-state index is -3.69. The van der Waals surface area contributed by atoms with Crippen molar-refractivity contribution in [1.29, 1.82) is 0 Å². The number of benzene rings is 1. The summed E-state index contributed by atoms with van der Waals surface area (Å²) in [5.41, 5.74) is 0.920. The first-order valence-corrected chi connectivity index (χ1v) is 9.21. The Morgan fingerprint density at radius 3 is 2.95 bits per heavy atom. The van der Waals surface area contributed by atoms with Crippen molar-refractivity contribution < 1.29 is 17.6 Å². The average Bonchev–Trinajstić information content (AvgIpc) is 2.96. The maximum atomic E-state index is 12.7. The number of furan rings is 1. The van der Waals surface area contributed by atoms with Crippen molar-refractivity contribution in [2.75, 3.05) is 7.11 Å². The van der Waals surface area contributed by atoms with Crippen LogP contribution in [0.5, 0.6) is 5.75 Å². The molecule has 1 unspecified atom stereocenters. The highest BCUT2D eigenvalue weighted by Crippen LogP contribution is 2.33. The molecule has 0 amide bonds. The lowest BCUT2D eigenvalue weighted by Gasteiger charge is -2.23. The van der Waals surface area contributed by atoms with Gasteiger partial charge in [0.15, 0.2) is 0 Å². The molecular weight excluding hydrogens is 370 g/mol. The number of ether oxygens (including phenoxy) is 1. The first kappa shape index (κ1) is 15.6. The fourth-order valence-electron chi connectivity index (χ4n) is 2.72. The van der Waals surface area contributed by atoms with E-state index in [-0.39, 0.29) is 10.9 Å². The van der Waals surface area contributed by atoms with Gasteiger partial charge in [0.05, 0.1) is 19.4 Å². The quantitative estimate of drug-likeness (QED) is 0.875. The van der Waals surface area contributed by atoms with Crippen molar-refractivity contribution in [2.45, 2.75) is 30.2 Å². The number of fused-ring (bicyclic) bond motifs is 1. The molecule has 3 rings (SSSR count). The zero-order valence-electron chi connectivity index (χ0n) is 12.0. The van der Waals surface area contributed by atoms with Crippen LogP contribution in [0.1, 0.15) is 30.2 Å². The second-order valence-electron chi connectivity index (χ2n) is 5.16. The van der Waals surface area contributed by atoms with E-state index in [0.717, 1.165) is 30.6 Å². The Kier molecular flexibility index (Phi) is 4.29. The number of hydrogen-bond donors (Lipinski definition) is 1. The van der Waals surface area contributed by atoms with E-state index in [1.807, 2.05) is 6.07 Å². The van der Waals surface area contributed by atoms with Crippen LogP contribution in [0.4, 0.5) is 0 Å². The molecule has 1 heterocycles. The van der Waals surface area contributed by atoms with E-state index in [9.17, 15) is 8.42 Å². The molecule has 1 aromatic heterocycles. The van der Waals surface area contributed by atoms with Crippen molar-refractivity contribution in [3.63, 3.8) is 0 Å². The highest BCUT2D eigenvalue weighted by Gasteiger charge is 2.29. The zero-order chi connectivity index (χ0) is 15.7. The maximum absolute atomic E-state index is 12.7. The molecule has 1 atom stereocenters. The van der Waals surface area contributed by atoms with Crippen LogP contribution in [0.15, 0.2) is 44.3 Å². The van der Waals surface area contributed by atoms with Gasteiger partial charge >= 0.3 is 0 Å². The molecule has 1 aliphatic rings. The van der Waals surface area contributed by atoms with Gasteiger partial charge in [0.2, 0.25) is 10.0 Å². The second-order valence-corrected chi connectivity index (χ2v) is 7.76. The maximum Gasteiger partial charge on any atom is 0.244 e. The Morgan fingerprint density at radius 2 is 2.18 bits per heavy atom. The van der Waals surface area contributed by atoms with Crippen LogP contribution >= 0.6 is 15.9 Å². The highest BCUT2D eigenvalue weighted by atomic mass is 79.9. The number of halogens is 1. The smallest absolute Gasteiger partial charge is 0.244 e. The zero-order valence-corrected chi connectivity index (χ0v) is 14.4. The van der Waals surface area contributed by atoms with Gasteiger partial charge in [-0.2, -0.15) is 0 Å². The molecule has 0 fully saturated rings. The standard InChI is InChI=1S/C15H16BrNO4S/c1-20-14-6-5-10(16)9-15(14)22(18,19)17-12-3-2-4-13-11(12)7-8-21-13/h5-9,12,17H,2-4H2,1H3. The van der Waals surface area contributed by atoms with Gasteiger partial charge in [0.1, 0.15) is 16.4 Å². The SMILES string of the molecule is COc1ccc(Br)cc1S(=O)(=O)NC1CCCc2occc21. The number of nitrogens with one attached hydrogen (secondary N) is 1. The lowest BCUT2D eigenvalue weighted by Crippen LogP contribution is -2.30. The molecule has 2 aromatic rings. The fourth-order valence-corrected chi connectivity index (χ4v) is 4.68. The Hall–Kier alpha value is -1.31. The molecule has 0 spiro atoms. The Bertz CT molecular complexity index is 785. The number of rotatable bonds is 4. The van der Waals surface area contributed by atoms with Gasteiger partial charge in [-0.05, 0) is 37.1 Å². The molecular formula is C15H16BrNO4S. The van der Waals surface area contributed by atoms with Crippen LogP contribution in [0.25, 0.3) is 0 Å². The Labute approximate surface area is 137 Å². The number of methoxy groups -OCH3 is 1. The van der Waals surface area contributed by atoms with Crippen molar-refractivity contribution in [1.82, 2.24) is 4.72 Å². The molecule has 0 bridgehead atoms. The summed E-state index contributed by atoms with van der Waals surface area (Å²) in [6.45, 7) is 0. The topological polar surface area (TPSA) is 68.5 Å². The molecule has 118 valence electrons. The Balaban J connectivity index is 1.94. The summed E-state index contributed by atoms with van der Waals surface area (Å²) in [6.07, 6.45) is 4.10. The lowest BCUT2D eigenvalue weighted by molar-refractivity contribution is 0.401. The van der Waals surface area contributed by atoms with Crippen LogP contribution in [-0.2, 0) is 16.4 Å². The van der Waals surface area contributed by atoms with Gasteiger partial charge in [-0.1, -0.05) is 15.9 Å². The average molecular weight is 386 g/mol. The minimum Gasteiger partial charge on any atom is -0.495 e. The van der Waals surface area contributed by atoms with Gasteiger partial charge in [0.25, 0.3) is 0 Å². The van der Waals surface area contributed by atoms with Crippen LogP contribution < -0.4 is 9.46 Å².